The average Bonchev–Trinajstić information content (AvgIpc) is 2.56. The van der Waals surface area contributed by atoms with Gasteiger partial charge < -0.3 is 15.2 Å². The van der Waals surface area contributed by atoms with E-state index < -0.39 is 0 Å². The summed E-state index contributed by atoms with van der Waals surface area (Å²) < 4.78 is 0. The maximum Gasteiger partial charge on any atom is 0.279 e. The summed E-state index contributed by atoms with van der Waals surface area (Å²) in [5.41, 5.74) is 0.994. The van der Waals surface area contributed by atoms with Gasteiger partial charge in [-0.3, -0.25) is 9.59 Å². The van der Waals surface area contributed by atoms with Crippen LogP contribution in [-0.4, -0.2) is 29.5 Å². The zero-order chi connectivity index (χ0) is 18.7. The molecule has 1 unspecified atom stereocenters. The molecule has 2 aromatic carbocycles. The van der Waals surface area contributed by atoms with Gasteiger partial charge in [-0.1, -0.05) is 23.2 Å². The Labute approximate surface area is 159 Å². The van der Waals surface area contributed by atoms with E-state index in [9.17, 15) is 9.59 Å². The second kappa shape index (κ2) is 7.86. The second-order valence-electron chi connectivity index (χ2n) is 6.04. The highest BCUT2D eigenvalue weighted by molar-refractivity contribution is 6.31. The lowest BCUT2D eigenvalue weighted by atomic mass is 10.2. The molecule has 6 nitrogen and oxygen atoms in total. The molecule has 0 aliphatic rings. The van der Waals surface area contributed by atoms with Crippen LogP contribution in [0.5, 0.6) is 0 Å². The molecule has 3 aromatic rings. The van der Waals surface area contributed by atoms with Crippen molar-refractivity contribution in [1.29, 1.82) is 0 Å². The van der Waals surface area contributed by atoms with Crippen LogP contribution in [0.1, 0.15) is 5.82 Å². The number of carbonyl (C=O) groups is 1. The molecule has 1 heterocycles. The van der Waals surface area contributed by atoms with Crippen LogP contribution >= 0.6 is 23.2 Å². The van der Waals surface area contributed by atoms with Crippen LogP contribution < -0.4 is 15.8 Å². The van der Waals surface area contributed by atoms with Gasteiger partial charge in [-0.2, -0.15) is 0 Å². The van der Waals surface area contributed by atoms with Crippen LogP contribution in [0.2, 0.25) is 10.0 Å². The van der Waals surface area contributed by atoms with Crippen LogP contribution in [0.25, 0.3) is 10.9 Å². The Morgan fingerprint density at radius 2 is 1.85 bits per heavy atom. The Bertz CT molecular complexity index is 1000. The molecule has 0 aliphatic carbocycles. The molecule has 26 heavy (non-hydrogen) atoms. The quantitative estimate of drug-likeness (QED) is 0.621. The summed E-state index contributed by atoms with van der Waals surface area (Å²) in [7, 11) is 1.85. The molecule has 0 radical (unpaired) electrons. The Kier molecular flexibility index (Phi) is 5.56. The molecule has 0 saturated heterocycles. The highest BCUT2D eigenvalue weighted by Crippen LogP contribution is 2.14. The Balaban J connectivity index is 1.66. The number of nitrogens with zero attached hydrogens (tertiary/aromatic N) is 1. The molecule has 1 atom stereocenters. The summed E-state index contributed by atoms with van der Waals surface area (Å²) in [4.78, 5) is 32.4. The fraction of sp³-hybridized carbons (Fsp3) is 0.167. The highest BCUT2D eigenvalue weighted by atomic mass is 35.5. The number of quaternary nitrogens is 1. The largest absolute Gasteiger partial charge is 0.323 e. The van der Waals surface area contributed by atoms with Crippen LogP contribution in [0, 0.1) is 0 Å². The van der Waals surface area contributed by atoms with Crippen molar-refractivity contribution in [2.75, 3.05) is 18.9 Å². The fourth-order valence-electron chi connectivity index (χ4n) is 2.61. The molecule has 0 fully saturated rings. The van der Waals surface area contributed by atoms with Gasteiger partial charge in [0, 0.05) is 15.7 Å². The van der Waals surface area contributed by atoms with Gasteiger partial charge in [0.05, 0.1) is 18.0 Å². The number of anilines is 1. The first-order valence-electron chi connectivity index (χ1n) is 7.96. The number of hydrogen-bond acceptors (Lipinski definition) is 3. The van der Waals surface area contributed by atoms with E-state index in [1.807, 2.05) is 7.05 Å². The number of hydrogen-bond donors (Lipinski definition) is 3. The Morgan fingerprint density at radius 1 is 1.15 bits per heavy atom. The van der Waals surface area contributed by atoms with Crippen molar-refractivity contribution in [1.82, 2.24) is 9.97 Å². The number of carbonyl (C=O) groups excluding carboxylic acids is 1. The van der Waals surface area contributed by atoms with Crippen molar-refractivity contribution < 1.29 is 9.69 Å². The van der Waals surface area contributed by atoms with Crippen molar-refractivity contribution in [3.05, 3.63) is 68.7 Å². The van der Waals surface area contributed by atoms with Crippen LogP contribution in [0.4, 0.5) is 5.69 Å². The topological polar surface area (TPSA) is 79.3 Å². The molecule has 3 N–H and O–H groups in total. The molecular formula is C18H17Cl2N4O2+. The number of H-pyrrole nitrogens is 1. The van der Waals surface area contributed by atoms with Gasteiger partial charge >= 0.3 is 0 Å². The van der Waals surface area contributed by atoms with E-state index >= 15 is 0 Å². The number of halogens is 2. The Hall–Kier alpha value is -2.41. The molecular weight excluding hydrogens is 375 g/mol. The number of likely N-dealkylation sites (N-methyl/N-ethyl adjacent to an activating group) is 1. The van der Waals surface area contributed by atoms with Gasteiger partial charge in [-0.25, -0.2) is 4.98 Å². The fourth-order valence-corrected chi connectivity index (χ4v) is 2.90. The first-order valence-corrected chi connectivity index (χ1v) is 8.71. The SMILES string of the molecule is C[NH+](CC(=O)Nc1ccc(Cl)cc1)Cc1nc2cc(Cl)ccc2c(=O)[nH]1. The second-order valence-corrected chi connectivity index (χ2v) is 6.91. The minimum atomic E-state index is -0.222. The van der Waals surface area contributed by atoms with Crippen LogP contribution in [0.3, 0.4) is 0 Å². The minimum absolute atomic E-state index is 0.143. The standard InChI is InChI=1S/C18H16Cl2N4O2/c1-24(10-17(25)21-13-5-2-11(19)3-6-13)9-16-22-15-8-12(20)4-7-14(15)18(26)23-16/h2-8H,9-10H2,1H3,(H,21,25)(H,22,23,26)/p+1. The summed E-state index contributed by atoms with van der Waals surface area (Å²) in [6.07, 6.45) is 0. The molecule has 8 heteroatoms. The first kappa shape index (κ1) is 18.4. The number of benzene rings is 2. The number of aromatic nitrogens is 2. The van der Waals surface area contributed by atoms with E-state index in [0.29, 0.717) is 39.0 Å². The maximum atomic E-state index is 12.1. The third-order valence-corrected chi connectivity index (χ3v) is 4.26. The lowest BCUT2D eigenvalue weighted by molar-refractivity contribution is -0.885. The van der Waals surface area contributed by atoms with Crippen LogP contribution in [0.15, 0.2) is 47.3 Å². The number of nitrogens with one attached hydrogen (secondary N) is 3. The Morgan fingerprint density at radius 3 is 2.58 bits per heavy atom. The molecule has 0 bridgehead atoms. The molecule has 0 aliphatic heterocycles. The summed E-state index contributed by atoms with van der Waals surface area (Å²) in [5, 5.41) is 4.42. The van der Waals surface area contributed by atoms with E-state index in [-0.39, 0.29) is 18.0 Å². The van der Waals surface area contributed by atoms with Gasteiger partial charge in [0.15, 0.2) is 12.4 Å². The molecule has 1 amide bonds. The average molecular weight is 392 g/mol. The van der Waals surface area contributed by atoms with Gasteiger partial charge in [-0.05, 0) is 42.5 Å². The molecule has 0 spiro atoms. The highest BCUT2D eigenvalue weighted by Gasteiger charge is 2.13. The predicted octanol–water partition coefficient (Wildman–Crippen LogP) is 1.88. The monoisotopic (exact) mass is 391 g/mol. The molecule has 3 rings (SSSR count). The molecule has 0 saturated carbocycles. The summed E-state index contributed by atoms with van der Waals surface area (Å²) in [5.74, 6) is 0.359. The van der Waals surface area contributed by atoms with E-state index in [2.05, 4.69) is 15.3 Å². The smallest absolute Gasteiger partial charge is 0.279 e. The van der Waals surface area contributed by atoms with Gasteiger partial charge in [0.2, 0.25) is 0 Å². The van der Waals surface area contributed by atoms with Crippen molar-refractivity contribution in [2.24, 2.45) is 0 Å². The maximum absolute atomic E-state index is 12.1. The van der Waals surface area contributed by atoms with E-state index in [4.69, 9.17) is 23.2 Å². The van der Waals surface area contributed by atoms with Gasteiger partial charge in [-0.15, -0.1) is 0 Å². The lowest BCUT2D eigenvalue weighted by Gasteiger charge is -2.13. The first-order chi connectivity index (χ1) is 12.4. The lowest BCUT2D eigenvalue weighted by Crippen LogP contribution is -3.08. The number of fused-ring (bicyclic) bond motifs is 1. The normalized spacial score (nSPS) is 12.1. The number of aromatic amines is 1. The third kappa shape index (κ3) is 4.60. The van der Waals surface area contributed by atoms with E-state index in [1.54, 1.807) is 42.5 Å². The summed E-state index contributed by atoms with van der Waals surface area (Å²) in [6, 6.07) is 11.8. The zero-order valence-corrected chi connectivity index (χ0v) is 15.5. The van der Waals surface area contributed by atoms with Crippen molar-refractivity contribution >= 4 is 45.7 Å². The summed E-state index contributed by atoms with van der Waals surface area (Å²) in [6.45, 7) is 0.617. The third-order valence-electron chi connectivity index (χ3n) is 3.78. The van der Waals surface area contributed by atoms with Gasteiger partial charge in [0.25, 0.3) is 11.5 Å². The molecule has 1 aromatic heterocycles. The zero-order valence-electron chi connectivity index (χ0n) is 14.0. The number of amides is 1. The van der Waals surface area contributed by atoms with Crippen molar-refractivity contribution in [2.45, 2.75) is 6.54 Å². The summed E-state index contributed by atoms with van der Waals surface area (Å²) >= 11 is 11.8. The van der Waals surface area contributed by atoms with Gasteiger partial charge in [0.1, 0.15) is 6.54 Å². The van der Waals surface area contributed by atoms with E-state index in [0.717, 1.165) is 4.90 Å². The van der Waals surface area contributed by atoms with Crippen LogP contribution in [-0.2, 0) is 11.3 Å². The minimum Gasteiger partial charge on any atom is -0.323 e. The number of rotatable bonds is 5. The predicted molar refractivity (Wildman–Crippen MR) is 103 cm³/mol. The van der Waals surface area contributed by atoms with Crippen molar-refractivity contribution in [3.63, 3.8) is 0 Å². The van der Waals surface area contributed by atoms with E-state index in [1.165, 1.54) is 0 Å². The van der Waals surface area contributed by atoms with Crippen molar-refractivity contribution in [3.8, 4) is 0 Å². The molecule has 134 valence electrons.